The van der Waals surface area contributed by atoms with E-state index in [0.717, 1.165) is 12.3 Å². The van der Waals surface area contributed by atoms with Crippen LogP contribution in [-0.2, 0) is 0 Å². The topological polar surface area (TPSA) is 103 Å². The molecular weight excluding hydrogens is 281 g/mol. The van der Waals surface area contributed by atoms with E-state index in [2.05, 4.69) is 4.98 Å². The van der Waals surface area contributed by atoms with Gasteiger partial charge in [-0.2, -0.15) is 18.4 Å². The molecule has 0 spiro atoms. The molecule has 0 bridgehead atoms. The largest absolute Gasteiger partial charge is 0.405 e. The molecule has 0 amide bonds. The van der Waals surface area contributed by atoms with Crippen LogP contribution in [0, 0.1) is 21.4 Å². The minimum absolute atomic E-state index is 0.357. The number of aromatic nitrogens is 1. The normalized spacial score (nSPS) is 10.9. The average molecular weight is 290 g/mol. The smallest absolute Gasteiger partial charge is 0.395 e. The summed E-state index contributed by atoms with van der Waals surface area (Å²) in [6.07, 6.45) is -3.80. The fourth-order valence-electron chi connectivity index (χ4n) is 1.48. The fraction of sp³-hybridized carbons (Fsp3) is 0.400. The molecule has 0 aliphatic rings. The lowest BCUT2D eigenvalue weighted by atomic mass is 10.2. The van der Waals surface area contributed by atoms with Crippen LogP contribution in [0.4, 0.5) is 24.7 Å². The van der Waals surface area contributed by atoms with Gasteiger partial charge in [0.2, 0.25) is 0 Å². The number of nitrogens with zero attached hydrogens (tertiary/aromatic N) is 4. The Morgan fingerprint density at radius 1 is 1.55 bits per heavy atom. The van der Waals surface area contributed by atoms with E-state index < -0.39 is 36.5 Å². The Labute approximate surface area is 111 Å². The van der Waals surface area contributed by atoms with Crippen LogP contribution in [0.25, 0.3) is 0 Å². The molecule has 0 saturated carbocycles. The number of nitriles is 1. The third kappa shape index (κ3) is 4.06. The van der Waals surface area contributed by atoms with Crippen LogP contribution < -0.4 is 4.90 Å². The molecule has 10 heteroatoms. The average Bonchev–Trinajstić information content (AvgIpc) is 2.35. The Balaban J connectivity index is 3.20. The number of aliphatic hydroxyl groups excluding tert-OH is 1. The van der Waals surface area contributed by atoms with Gasteiger partial charge in [0.05, 0.1) is 11.5 Å². The number of aliphatic hydroxyl groups is 1. The zero-order chi connectivity index (χ0) is 15.3. The Kier molecular flexibility index (Phi) is 4.82. The van der Waals surface area contributed by atoms with Gasteiger partial charge in [-0.3, -0.25) is 10.1 Å². The molecule has 0 fully saturated rings. The summed E-state index contributed by atoms with van der Waals surface area (Å²) in [6, 6.07) is 2.39. The number of pyridine rings is 1. The molecule has 0 atom stereocenters. The molecule has 108 valence electrons. The van der Waals surface area contributed by atoms with Crippen LogP contribution in [0.3, 0.4) is 0 Å². The highest BCUT2D eigenvalue weighted by Gasteiger charge is 2.32. The first kappa shape index (κ1) is 15.6. The van der Waals surface area contributed by atoms with Gasteiger partial charge < -0.3 is 10.0 Å². The van der Waals surface area contributed by atoms with Crippen molar-refractivity contribution in [3.8, 4) is 6.07 Å². The second-order valence-corrected chi connectivity index (χ2v) is 3.69. The van der Waals surface area contributed by atoms with Crippen molar-refractivity contribution >= 4 is 11.5 Å². The molecule has 1 N–H and O–H groups in total. The summed E-state index contributed by atoms with van der Waals surface area (Å²) in [4.78, 5) is 13.9. The summed E-state index contributed by atoms with van der Waals surface area (Å²) in [5, 5.41) is 28.2. The molecule has 1 heterocycles. The lowest BCUT2D eigenvalue weighted by molar-refractivity contribution is -0.385. The molecule has 0 saturated heterocycles. The molecule has 1 rings (SSSR count). The van der Waals surface area contributed by atoms with Crippen molar-refractivity contribution in [1.82, 2.24) is 4.98 Å². The number of halogens is 3. The third-order valence-electron chi connectivity index (χ3n) is 2.22. The van der Waals surface area contributed by atoms with Crippen LogP contribution in [-0.4, -0.2) is 40.9 Å². The number of hydrogen-bond donors (Lipinski definition) is 1. The number of alkyl halides is 3. The zero-order valence-electron chi connectivity index (χ0n) is 9.96. The van der Waals surface area contributed by atoms with Gasteiger partial charge in [-0.15, -0.1) is 0 Å². The SMILES string of the molecule is N#Cc1cc([N+](=O)[O-])cnc1N(CCO)CC(F)(F)F. The summed E-state index contributed by atoms with van der Waals surface area (Å²) >= 11 is 0. The maximum absolute atomic E-state index is 12.4. The van der Waals surface area contributed by atoms with E-state index in [-0.39, 0.29) is 11.4 Å². The number of rotatable bonds is 5. The van der Waals surface area contributed by atoms with Crippen LogP contribution >= 0.6 is 0 Å². The van der Waals surface area contributed by atoms with Gasteiger partial charge in [0, 0.05) is 12.6 Å². The Bertz CT molecular complexity index is 542. The Hall–Kier alpha value is -2.41. The molecule has 20 heavy (non-hydrogen) atoms. The molecular formula is C10H9F3N4O3. The monoisotopic (exact) mass is 290 g/mol. The van der Waals surface area contributed by atoms with Gasteiger partial charge >= 0.3 is 6.18 Å². The van der Waals surface area contributed by atoms with Crippen molar-refractivity contribution in [3.05, 3.63) is 27.9 Å². The number of hydrogen-bond acceptors (Lipinski definition) is 6. The van der Waals surface area contributed by atoms with E-state index in [1.807, 2.05) is 0 Å². The maximum atomic E-state index is 12.4. The van der Waals surface area contributed by atoms with Gasteiger partial charge in [-0.1, -0.05) is 0 Å². The molecule has 1 aromatic rings. The third-order valence-corrected chi connectivity index (χ3v) is 2.22. The zero-order valence-corrected chi connectivity index (χ0v) is 9.96. The van der Waals surface area contributed by atoms with E-state index in [1.165, 1.54) is 0 Å². The van der Waals surface area contributed by atoms with Crippen molar-refractivity contribution < 1.29 is 23.2 Å². The van der Waals surface area contributed by atoms with E-state index in [1.54, 1.807) is 6.07 Å². The van der Waals surface area contributed by atoms with Gasteiger partial charge in [0.25, 0.3) is 5.69 Å². The molecule has 0 unspecified atom stereocenters. The fourth-order valence-corrected chi connectivity index (χ4v) is 1.48. The summed E-state index contributed by atoms with van der Waals surface area (Å²) in [7, 11) is 0. The highest BCUT2D eigenvalue weighted by Crippen LogP contribution is 2.25. The van der Waals surface area contributed by atoms with Gasteiger partial charge in [-0.25, -0.2) is 4.98 Å². The molecule has 1 aromatic heterocycles. The second kappa shape index (κ2) is 6.16. The molecule has 7 nitrogen and oxygen atoms in total. The van der Waals surface area contributed by atoms with Gasteiger partial charge in [-0.05, 0) is 0 Å². The quantitative estimate of drug-likeness (QED) is 0.646. The number of nitro groups is 1. The summed E-state index contributed by atoms with van der Waals surface area (Å²) in [5.41, 5.74) is -0.863. The summed E-state index contributed by atoms with van der Waals surface area (Å²) in [5.74, 6) is -0.357. The van der Waals surface area contributed by atoms with Crippen molar-refractivity contribution in [2.24, 2.45) is 0 Å². The number of anilines is 1. The van der Waals surface area contributed by atoms with Crippen LogP contribution in [0.15, 0.2) is 12.3 Å². The Morgan fingerprint density at radius 2 is 2.20 bits per heavy atom. The summed E-state index contributed by atoms with van der Waals surface area (Å²) in [6.45, 7) is -2.41. The summed E-state index contributed by atoms with van der Waals surface area (Å²) < 4.78 is 37.2. The van der Waals surface area contributed by atoms with E-state index in [0.29, 0.717) is 4.90 Å². The first-order valence-corrected chi connectivity index (χ1v) is 5.25. The van der Waals surface area contributed by atoms with Crippen LogP contribution in [0.2, 0.25) is 0 Å². The minimum Gasteiger partial charge on any atom is -0.395 e. The predicted octanol–water partition coefficient (Wildman–Crippen LogP) is 1.22. The standard InChI is InChI=1S/C10H9F3N4O3/c11-10(12,13)6-16(1-2-18)9-7(4-14)3-8(5-15-9)17(19)20/h3,5,18H,1-2,6H2. The first-order chi connectivity index (χ1) is 9.28. The second-order valence-electron chi connectivity index (χ2n) is 3.69. The van der Waals surface area contributed by atoms with Crippen molar-refractivity contribution in [2.75, 3.05) is 24.6 Å². The van der Waals surface area contributed by atoms with E-state index in [4.69, 9.17) is 10.4 Å². The highest BCUT2D eigenvalue weighted by molar-refractivity contribution is 5.57. The molecule has 0 aromatic carbocycles. The van der Waals surface area contributed by atoms with Crippen LogP contribution in [0.5, 0.6) is 0 Å². The van der Waals surface area contributed by atoms with Crippen molar-refractivity contribution in [3.63, 3.8) is 0 Å². The maximum Gasteiger partial charge on any atom is 0.405 e. The highest BCUT2D eigenvalue weighted by atomic mass is 19.4. The van der Waals surface area contributed by atoms with Crippen molar-refractivity contribution in [1.29, 1.82) is 5.26 Å². The van der Waals surface area contributed by atoms with E-state index in [9.17, 15) is 23.3 Å². The molecule has 0 radical (unpaired) electrons. The van der Waals surface area contributed by atoms with Gasteiger partial charge in [0.15, 0.2) is 0 Å². The minimum atomic E-state index is -4.56. The van der Waals surface area contributed by atoms with Crippen LogP contribution in [0.1, 0.15) is 5.56 Å². The Morgan fingerprint density at radius 3 is 2.65 bits per heavy atom. The van der Waals surface area contributed by atoms with E-state index >= 15 is 0 Å². The van der Waals surface area contributed by atoms with Gasteiger partial charge in [0.1, 0.15) is 30.2 Å². The first-order valence-electron chi connectivity index (χ1n) is 5.25. The predicted molar refractivity (Wildman–Crippen MR) is 61.0 cm³/mol. The molecule has 0 aliphatic carbocycles. The lowest BCUT2D eigenvalue weighted by Gasteiger charge is -2.24. The molecule has 0 aliphatic heterocycles. The lowest BCUT2D eigenvalue weighted by Crippen LogP contribution is -2.37. The van der Waals surface area contributed by atoms with Crippen molar-refractivity contribution in [2.45, 2.75) is 6.18 Å².